The molecule has 0 saturated carbocycles. The fourth-order valence-electron chi connectivity index (χ4n) is 3.03. The molecule has 1 aromatic rings. The van der Waals surface area contributed by atoms with Crippen molar-refractivity contribution in [1.29, 1.82) is 0 Å². The van der Waals surface area contributed by atoms with Crippen LogP contribution in [0.2, 0.25) is 0 Å². The van der Waals surface area contributed by atoms with E-state index in [1.54, 1.807) is 11.3 Å². The summed E-state index contributed by atoms with van der Waals surface area (Å²) in [4.78, 5) is 15.9. The third-order valence-electron chi connectivity index (χ3n) is 4.30. The number of amides is 1. The van der Waals surface area contributed by atoms with Gasteiger partial charge >= 0.3 is 0 Å². The summed E-state index contributed by atoms with van der Waals surface area (Å²) in [6.07, 6.45) is 7.46. The molecule has 0 aromatic carbocycles. The van der Waals surface area contributed by atoms with Gasteiger partial charge in [0.1, 0.15) is 0 Å². The fraction of sp³-hybridized carbons (Fsp3) is 0.706. The maximum atomic E-state index is 12.0. The van der Waals surface area contributed by atoms with Gasteiger partial charge < -0.3 is 11.1 Å². The van der Waals surface area contributed by atoms with Crippen LogP contribution in [-0.2, 0) is 4.79 Å². The minimum Gasteiger partial charge on any atom is -0.354 e. The largest absolute Gasteiger partial charge is 0.354 e. The Kier molecular flexibility index (Phi) is 7.91. The average molecular weight is 324 g/mol. The second-order valence-electron chi connectivity index (χ2n) is 6.03. The highest BCUT2D eigenvalue weighted by Crippen LogP contribution is 2.27. The molecule has 3 N–H and O–H groups in total. The lowest BCUT2D eigenvalue weighted by Crippen LogP contribution is -2.36. The van der Waals surface area contributed by atoms with E-state index in [0.717, 1.165) is 51.9 Å². The third-order valence-corrected chi connectivity index (χ3v) is 5.28. The molecule has 1 aromatic heterocycles. The summed E-state index contributed by atoms with van der Waals surface area (Å²) in [6, 6.07) is 4.64. The molecule has 124 valence electrons. The Labute approximate surface area is 138 Å². The van der Waals surface area contributed by atoms with Crippen LogP contribution < -0.4 is 11.1 Å². The van der Waals surface area contributed by atoms with Crippen LogP contribution in [0.5, 0.6) is 0 Å². The Hall–Kier alpha value is -0.910. The summed E-state index contributed by atoms with van der Waals surface area (Å²) in [5, 5.41) is 5.26. The Bertz CT molecular complexity index is 416. The zero-order valence-corrected chi connectivity index (χ0v) is 14.2. The number of likely N-dealkylation sites (tertiary alicyclic amines) is 1. The van der Waals surface area contributed by atoms with E-state index in [0.29, 0.717) is 12.5 Å². The zero-order chi connectivity index (χ0) is 15.6. The molecule has 22 heavy (non-hydrogen) atoms. The topological polar surface area (TPSA) is 58.4 Å². The molecule has 1 fully saturated rings. The van der Waals surface area contributed by atoms with Crippen LogP contribution in [0.1, 0.15) is 55.9 Å². The van der Waals surface area contributed by atoms with Crippen molar-refractivity contribution < 1.29 is 4.79 Å². The predicted molar refractivity (Wildman–Crippen MR) is 93.0 cm³/mol. The maximum Gasteiger partial charge on any atom is 0.220 e. The first kappa shape index (κ1) is 17.4. The molecule has 1 aliphatic heterocycles. The van der Waals surface area contributed by atoms with E-state index in [1.807, 2.05) is 0 Å². The van der Waals surface area contributed by atoms with Crippen LogP contribution in [0, 0.1) is 0 Å². The molecule has 0 radical (unpaired) electrons. The third kappa shape index (κ3) is 5.71. The van der Waals surface area contributed by atoms with Crippen molar-refractivity contribution in [1.82, 2.24) is 10.2 Å². The minimum atomic E-state index is 0.188. The molecule has 4 nitrogen and oxygen atoms in total. The molecule has 1 aliphatic rings. The van der Waals surface area contributed by atoms with Gasteiger partial charge in [-0.25, -0.2) is 0 Å². The molecule has 0 aliphatic carbocycles. The number of hydrogen-bond acceptors (Lipinski definition) is 4. The highest BCUT2D eigenvalue weighted by molar-refractivity contribution is 7.10. The molecule has 0 spiro atoms. The standard InChI is InChI=1S/C17H29N3OS/c18-10-4-2-1-3-9-17(21)19-14-15(16-8-7-13-22-16)20-11-5-6-12-20/h7-8,13,15H,1-6,9-12,14,18H2,(H,19,21). The quantitative estimate of drug-likeness (QED) is 0.651. The maximum absolute atomic E-state index is 12.0. The van der Waals surface area contributed by atoms with Crippen molar-refractivity contribution in [3.8, 4) is 0 Å². The normalized spacial score (nSPS) is 16.8. The number of nitrogens with one attached hydrogen (secondary N) is 1. The lowest BCUT2D eigenvalue weighted by Gasteiger charge is -2.26. The first-order valence-corrected chi connectivity index (χ1v) is 9.43. The van der Waals surface area contributed by atoms with Gasteiger partial charge in [-0.3, -0.25) is 9.69 Å². The number of unbranched alkanes of at least 4 members (excludes halogenated alkanes) is 3. The number of carbonyl (C=O) groups excluding carboxylic acids is 1. The summed E-state index contributed by atoms with van der Waals surface area (Å²) in [7, 11) is 0. The van der Waals surface area contributed by atoms with Gasteiger partial charge in [-0.05, 0) is 56.8 Å². The number of thiophene rings is 1. The SMILES string of the molecule is NCCCCCCC(=O)NCC(c1cccs1)N1CCCC1. The molecular weight excluding hydrogens is 294 g/mol. The fourth-order valence-corrected chi connectivity index (χ4v) is 3.89. The van der Waals surface area contributed by atoms with E-state index in [1.165, 1.54) is 17.7 Å². The van der Waals surface area contributed by atoms with E-state index >= 15 is 0 Å². The van der Waals surface area contributed by atoms with Crippen LogP contribution >= 0.6 is 11.3 Å². The minimum absolute atomic E-state index is 0.188. The van der Waals surface area contributed by atoms with Gasteiger partial charge in [0.2, 0.25) is 5.91 Å². The molecule has 5 heteroatoms. The van der Waals surface area contributed by atoms with E-state index in [2.05, 4.69) is 27.7 Å². The summed E-state index contributed by atoms with van der Waals surface area (Å²) in [5.74, 6) is 0.188. The monoisotopic (exact) mass is 323 g/mol. The van der Waals surface area contributed by atoms with Crippen molar-refractivity contribution in [3.05, 3.63) is 22.4 Å². The van der Waals surface area contributed by atoms with Gasteiger partial charge in [-0.1, -0.05) is 18.9 Å². The molecule has 0 bridgehead atoms. The van der Waals surface area contributed by atoms with Crippen molar-refractivity contribution in [2.45, 2.75) is 51.0 Å². The van der Waals surface area contributed by atoms with E-state index in [-0.39, 0.29) is 5.91 Å². The Morgan fingerprint density at radius 3 is 2.73 bits per heavy atom. The van der Waals surface area contributed by atoms with Crippen molar-refractivity contribution >= 4 is 17.2 Å². The van der Waals surface area contributed by atoms with Gasteiger partial charge in [-0.2, -0.15) is 0 Å². The van der Waals surface area contributed by atoms with Gasteiger partial charge in [-0.15, -0.1) is 11.3 Å². The Balaban J connectivity index is 1.72. The number of rotatable bonds is 10. The lowest BCUT2D eigenvalue weighted by molar-refractivity contribution is -0.121. The Morgan fingerprint density at radius 1 is 1.27 bits per heavy atom. The number of hydrogen-bond donors (Lipinski definition) is 2. The van der Waals surface area contributed by atoms with Crippen LogP contribution in [0.4, 0.5) is 0 Å². The molecule has 1 unspecified atom stereocenters. The molecule has 1 atom stereocenters. The highest BCUT2D eigenvalue weighted by atomic mass is 32.1. The van der Waals surface area contributed by atoms with Gasteiger partial charge in [0.25, 0.3) is 0 Å². The summed E-state index contributed by atoms with van der Waals surface area (Å²) in [6.45, 7) is 3.79. The van der Waals surface area contributed by atoms with E-state index < -0.39 is 0 Å². The predicted octanol–water partition coefficient (Wildman–Crippen LogP) is 2.91. The van der Waals surface area contributed by atoms with Crippen molar-refractivity contribution in [3.63, 3.8) is 0 Å². The van der Waals surface area contributed by atoms with Gasteiger partial charge in [0.05, 0.1) is 6.04 Å². The van der Waals surface area contributed by atoms with Crippen LogP contribution in [-0.4, -0.2) is 37.0 Å². The second kappa shape index (κ2) is 9.98. The van der Waals surface area contributed by atoms with Crippen molar-refractivity contribution in [2.24, 2.45) is 5.73 Å². The number of nitrogens with two attached hydrogens (primary N) is 1. The molecule has 1 saturated heterocycles. The average Bonchev–Trinajstić information content (AvgIpc) is 3.21. The molecule has 1 amide bonds. The molecule has 2 heterocycles. The lowest BCUT2D eigenvalue weighted by atomic mass is 10.1. The molecule has 2 rings (SSSR count). The van der Waals surface area contributed by atoms with E-state index in [4.69, 9.17) is 5.73 Å². The molecular formula is C17H29N3OS. The summed E-state index contributed by atoms with van der Waals surface area (Å²) >= 11 is 1.79. The first-order valence-electron chi connectivity index (χ1n) is 8.55. The van der Waals surface area contributed by atoms with Crippen LogP contribution in [0.25, 0.3) is 0 Å². The first-order chi connectivity index (χ1) is 10.8. The van der Waals surface area contributed by atoms with Crippen LogP contribution in [0.3, 0.4) is 0 Å². The van der Waals surface area contributed by atoms with Crippen molar-refractivity contribution in [2.75, 3.05) is 26.2 Å². The highest BCUT2D eigenvalue weighted by Gasteiger charge is 2.24. The van der Waals surface area contributed by atoms with Gasteiger partial charge in [0.15, 0.2) is 0 Å². The summed E-state index contributed by atoms with van der Waals surface area (Å²) < 4.78 is 0. The van der Waals surface area contributed by atoms with Crippen LogP contribution in [0.15, 0.2) is 17.5 Å². The number of carbonyl (C=O) groups is 1. The smallest absolute Gasteiger partial charge is 0.220 e. The zero-order valence-electron chi connectivity index (χ0n) is 13.4. The number of nitrogens with zero attached hydrogens (tertiary/aromatic N) is 1. The van der Waals surface area contributed by atoms with E-state index in [9.17, 15) is 4.79 Å². The Morgan fingerprint density at radius 2 is 2.05 bits per heavy atom. The van der Waals surface area contributed by atoms with Gasteiger partial charge in [0, 0.05) is 17.8 Å². The second-order valence-corrected chi connectivity index (χ2v) is 7.01. The summed E-state index contributed by atoms with van der Waals surface area (Å²) in [5.41, 5.74) is 5.47.